The van der Waals surface area contributed by atoms with E-state index >= 15 is 4.39 Å². The van der Waals surface area contributed by atoms with Crippen LogP contribution in [0.1, 0.15) is 69.8 Å². The molecule has 230 valence electrons. The molecule has 0 aliphatic carbocycles. The standard InChI is InChI=1S/C34H39FN6O3/c1-19(2)28-29(20(3)12-13-37-28)41-26-16-23(22-10-8-9-11-25(22)35)24(17-36)30(42)27(26)31(38-32(41)34(5,6)7)40-15-14-39(33(43)44)18-21(40)4/h8-13,16,19,21,32,42H,14-15,18H2,1-7H3,(H,43,44)/t21-,32?/m0/s1. The van der Waals surface area contributed by atoms with Crippen LogP contribution in [0.15, 0.2) is 47.6 Å². The third kappa shape index (κ3) is 5.21. The van der Waals surface area contributed by atoms with Crippen LogP contribution in [-0.4, -0.2) is 68.8 Å². The van der Waals surface area contributed by atoms with Gasteiger partial charge in [-0.3, -0.25) is 4.98 Å². The van der Waals surface area contributed by atoms with Crippen molar-refractivity contribution in [3.63, 3.8) is 0 Å². The molecule has 1 aromatic heterocycles. The maximum atomic E-state index is 15.3. The number of phenolic OH excluding ortho intramolecular Hbond substituents is 1. The van der Waals surface area contributed by atoms with Crippen LogP contribution in [0.5, 0.6) is 5.75 Å². The summed E-state index contributed by atoms with van der Waals surface area (Å²) in [5, 5.41) is 32.0. The third-order valence-electron chi connectivity index (χ3n) is 8.41. The lowest BCUT2D eigenvalue weighted by molar-refractivity contribution is 0.105. The first-order valence-corrected chi connectivity index (χ1v) is 14.9. The number of amides is 1. The number of pyridine rings is 1. The average Bonchev–Trinajstić information content (AvgIpc) is 2.96. The maximum Gasteiger partial charge on any atom is 0.407 e. The van der Waals surface area contributed by atoms with E-state index in [1.165, 1.54) is 11.0 Å². The zero-order valence-electron chi connectivity index (χ0n) is 26.3. The van der Waals surface area contributed by atoms with Crippen LogP contribution in [0.4, 0.5) is 20.6 Å². The molecule has 44 heavy (non-hydrogen) atoms. The van der Waals surface area contributed by atoms with Crippen LogP contribution in [0.3, 0.4) is 0 Å². The number of hydrogen-bond acceptors (Lipinski definition) is 7. The first-order chi connectivity index (χ1) is 20.8. The highest BCUT2D eigenvalue weighted by Gasteiger charge is 2.43. The number of fused-ring (bicyclic) bond motifs is 1. The number of piperazine rings is 1. The van der Waals surface area contributed by atoms with Crippen molar-refractivity contribution in [2.75, 3.05) is 24.5 Å². The van der Waals surface area contributed by atoms with Crippen LogP contribution in [0, 0.1) is 29.5 Å². The van der Waals surface area contributed by atoms with E-state index in [4.69, 9.17) is 9.98 Å². The third-order valence-corrected chi connectivity index (χ3v) is 8.41. The molecule has 1 amide bonds. The molecule has 2 aliphatic rings. The number of nitriles is 1. The van der Waals surface area contributed by atoms with Crippen molar-refractivity contribution >= 4 is 23.3 Å². The number of phenols is 1. The number of aromatic hydroxyl groups is 1. The predicted molar refractivity (Wildman–Crippen MR) is 169 cm³/mol. The van der Waals surface area contributed by atoms with Gasteiger partial charge in [0.1, 0.15) is 35.2 Å². The number of anilines is 2. The van der Waals surface area contributed by atoms with E-state index < -0.39 is 23.5 Å². The molecule has 0 saturated carbocycles. The van der Waals surface area contributed by atoms with E-state index in [-0.39, 0.29) is 47.5 Å². The van der Waals surface area contributed by atoms with E-state index in [9.17, 15) is 20.3 Å². The van der Waals surface area contributed by atoms with E-state index in [0.717, 1.165) is 16.9 Å². The van der Waals surface area contributed by atoms with Gasteiger partial charge < -0.3 is 24.9 Å². The van der Waals surface area contributed by atoms with Crippen LogP contribution >= 0.6 is 0 Å². The molecule has 2 atom stereocenters. The largest absolute Gasteiger partial charge is 0.506 e. The molecule has 10 heteroatoms. The zero-order chi connectivity index (χ0) is 32.1. The van der Waals surface area contributed by atoms with Crippen molar-refractivity contribution in [3.05, 3.63) is 70.8 Å². The van der Waals surface area contributed by atoms with Gasteiger partial charge in [0, 0.05) is 48.4 Å². The summed E-state index contributed by atoms with van der Waals surface area (Å²) >= 11 is 0. The number of aliphatic imine (C=N–C) groups is 1. The summed E-state index contributed by atoms with van der Waals surface area (Å²) in [4.78, 5) is 27.3. The summed E-state index contributed by atoms with van der Waals surface area (Å²) in [6.45, 7) is 15.2. The lowest BCUT2D eigenvalue weighted by Gasteiger charge is -2.48. The van der Waals surface area contributed by atoms with E-state index in [2.05, 4.69) is 45.6 Å². The van der Waals surface area contributed by atoms with Gasteiger partial charge >= 0.3 is 6.09 Å². The second-order valence-corrected chi connectivity index (χ2v) is 13.0. The molecule has 0 spiro atoms. The minimum atomic E-state index is -0.987. The molecule has 3 aromatic rings. The number of amidine groups is 1. The molecule has 2 aliphatic heterocycles. The number of rotatable bonds is 3. The van der Waals surface area contributed by atoms with Gasteiger partial charge in [-0.2, -0.15) is 5.26 Å². The molecule has 3 heterocycles. The second-order valence-electron chi connectivity index (χ2n) is 13.0. The molecule has 0 bridgehead atoms. The Hall–Kier alpha value is -4.65. The van der Waals surface area contributed by atoms with Crippen molar-refractivity contribution in [1.29, 1.82) is 5.26 Å². The van der Waals surface area contributed by atoms with Crippen LogP contribution < -0.4 is 4.90 Å². The Morgan fingerprint density at radius 3 is 2.45 bits per heavy atom. The first-order valence-electron chi connectivity index (χ1n) is 14.9. The highest BCUT2D eigenvalue weighted by molar-refractivity contribution is 6.10. The Labute approximate surface area is 257 Å². The summed E-state index contributed by atoms with van der Waals surface area (Å²) in [6, 6.07) is 11.8. The number of nitrogens with zero attached hydrogens (tertiary/aromatic N) is 6. The smallest absolute Gasteiger partial charge is 0.407 e. The van der Waals surface area contributed by atoms with Gasteiger partial charge in [0.2, 0.25) is 0 Å². The lowest BCUT2D eigenvalue weighted by atomic mass is 9.86. The molecule has 9 nitrogen and oxygen atoms in total. The number of carbonyl (C=O) groups is 1. The van der Waals surface area contributed by atoms with Crippen molar-refractivity contribution in [1.82, 2.24) is 14.8 Å². The predicted octanol–water partition coefficient (Wildman–Crippen LogP) is 6.85. The minimum Gasteiger partial charge on any atom is -0.506 e. The molecule has 2 N–H and O–H groups in total. The average molecular weight is 599 g/mol. The van der Waals surface area contributed by atoms with Crippen molar-refractivity contribution in [2.45, 2.75) is 66.6 Å². The molecule has 0 radical (unpaired) electrons. The summed E-state index contributed by atoms with van der Waals surface area (Å²) in [5.74, 6) is -0.261. The fourth-order valence-electron chi connectivity index (χ4n) is 6.24. The van der Waals surface area contributed by atoms with Crippen molar-refractivity contribution in [2.24, 2.45) is 10.4 Å². The summed E-state index contributed by atoms with van der Waals surface area (Å²) < 4.78 is 15.3. The summed E-state index contributed by atoms with van der Waals surface area (Å²) in [7, 11) is 0. The molecule has 1 fully saturated rings. The first kappa shape index (κ1) is 30.8. The van der Waals surface area contributed by atoms with E-state index in [1.54, 1.807) is 30.5 Å². The number of carboxylic acid groups (broad SMARTS) is 1. The van der Waals surface area contributed by atoms with Gasteiger partial charge in [0.05, 0.1) is 22.6 Å². The zero-order valence-corrected chi connectivity index (χ0v) is 26.3. The number of hydrogen-bond donors (Lipinski definition) is 2. The number of benzene rings is 2. The number of aromatic nitrogens is 1. The maximum absolute atomic E-state index is 15.3. The molecular formula is C34H39FN6O3. The van der Waals surface area contributed by atoms with Crippen molar-refractivity contribution < 1.29 is 19.4 Å². The van der Waals surface area contributed by atoms with Crippen LogP contribution in [-0.2, 0) is 0 Å². The molecule has 1 unspecified atom stereocenters. The fraction of sp³-hybridized carbons (Fsp3) is 0.412. The van der Waals surface area contributed by atoms with E-state index in [0.29, 0.717) is 23.6 Å². The normalized spacial score (nSPS) is 18.6. The Balaban J connectivity index is 1.88. The molecule has 1 saturated heterocycles. The number of halogens is 1. The molecule has 5 rings (SSSR count). The van der Waals surface area contributed by atoms with Gasteiger partial charge in [0.15, 0.2) is 0 Å². The lowest BCUT2D eigenvalue weighted by Crippen LogP contribution is -2.57. The van der Waals surface area contributed by atoms with E-state index in [1.807, 2.05) is 24.8 Å². The van der Waals surface area contributed by atoms with Crippen LogP contribution in [0.2, 0.25) is 0 Å². The monoisotopic (exact) mass is 598 g/mol. The van der Waals surface area contributed by atoms with Gasteiger partial charge in [-0.1, -0.05) is 52.8 Å². The second kappa shape index (κ2) is 11.5. The van der Waals surface area contributed by atoms with Crippen LogP contribution in [0.25, 0.3) is 11.1 Å². The Morgan fingerprint density at radius 2 is 1.86 bits per heavy atom. The van der Waals surface area contributed by atoms with Gasteiger partial charge in [-0.25, -0.2) is 14.2 Å². The number of aryl methyl sites for hydroxylation is 1. The highest BCUT2D eigenvalue weighted by atomic mass is 19.1. The van der Waals surface area contributed by atoms with Gasteiger partial charge in [0.25, 0.3) is 0 Å². The Kier molecular flexibility index (Phi) is 8.02. The molecule has 2 aromatic carbocycles. The minimum absolute atomic E-state index is 0.0560. The fourth-order valence-corrected chi connectivity index (χ4v) is 6.24. The van der Waals surface area contributed by atoms with Gasteiger partial charge in [-0.05, 0) is 43.5 Å². The summed E-state index contributed by atoms with van der Waals surface area (Å²) in [5.41, 5.74) is 3.58. The topological polar surface area (TPSA) is 116 Å². The quantitative estimate of drug-likeness (QED) is 0.339. The molecular weight excluding hydrogens is 559 g/mol. The Bertz CT molecular complexity index is 1690. The SMILES string of the molecule is Cc1ccnc(C(C)C)c1N1c2cc(-c3ccccc3F)c(C#N)c(O)c2C(N2CCN(C(=O)O)C[C@@H]2C)=NC1C(C)(C)C. The highest BCUT2D eigenvalue weighted by Crippen LogP contribution is 2.50. The summed E-state index contributed by atoms with van der Waals surface area (Å²) in [6.07, 6.45) is 0.305. The Morgan fingerprint density at radius 1 is 1.16 bits per heavy atom. The van der Waals surface area contributed by atoms with Gasteiger partial charge in [-0.15, -0.1) is 0 Å². The van der Waals surface area contributed by atoms with Crippen molar-refractivity contribution in [3.8, 4) is 22.9 Å².